The highest BCUT2D eigenvalue weighted by molar-refractivity contribution is 7.19. The molecule has 0 radical (unpaired) electrons. The Labute approximate surface area is 166 Å². The molecule has 0 unspecified atom stereocenters. The van der Waals surface area contributed by atoms with Crippen LogP contribution < -0.4 is 5.32 Å². The van der Waals surface area contributed by atoms with Gasteiger partial charge in [0.25, 0.3) is 0 Å². The number of aryl methyl sites for hydroxylation is 1. The van der Waals surface area contributed by atoms with Gasteiger partial charge in [-0.05, 0) is 38.2 Å². The number of anilines is 1. The molecule has 146 valence electrons. The van der Waals surface area contributed by atoms with Crippen molar-refractivity contribution in [2.45, 2.75) is 45.1 Å². The summed E-state index contributed by atoms with van der Waals surface area (Å²) in [5.74, 6) is -1.02. The minimum atomic E-state index is -0.746. The normalized spacial score (nSPS) is 19.6. The SMILES string of the molecule is Cc1sc2nc(C3CCC(C(=O)O)CC3)nc(F)c2c1NCc1ccccc1. The van der Waals surface area contributed by atoms with E-state index in [1.807, 2.05) is 37.3 Å². The summed E-state index contributed by atoms with van der Waals surface area (Å²) in [6.45, 7) is 2.56. The molecule has 0 saturated heterocycles. The first kappa shape index (κ1) is 18.8. The highest BCUT2D eigenvalue weighted by Gasteiger charge is 2.29. The average molecular weight is 399 g/mol. The molecule has 2 heterocycles. The second kappa shape index (κ2) is 7.83. The van der Waals surface area contributed by atoms with Crippen LogP contribution in [0, 0.1) is 18.8 Å². The number of benzene rings is 1. The van der Waals surface area contributed by atoms with Gasteiger partial charge in [-0.25, -0.2) is 9.97 Å². The van der Waals surface area contributed by atoms with E-state index in [0.717, 1.165) is 16.1 Å². The Morgan fingerprint density at radius 1 is 1.21 bits per heavy atom. The van der Waals surface area contributed by atoms with Gasteiger partial charge in [0.05, 0.1) is 17.0 Å². The van der Waals surface area contributed by atoms with Crippen LogP contribution >= 0.6 is 11.3 Å². The number of hydrogen-bond donors (Lipinski definition) is 2. The van der Waals surface area contributed by atoms with E-state index >= 15 is 0 Å². The maximum atomic E-state index is 14.9. The topological polar surface area (TPSA) is 75.1 Å². The Balaban J connectivity index is 1.57. The first-order valence-electron chi connectivity index (χ1n) is 9.50. The van der Waals surface area contributed by atoms with Gasteiger partial charge in [0.1, 0.15) is 10.7 Å². The van der Waals surface area contributed by atoms with E-state index < -0.39 is 11.9 Å². The van der Waals surface area contributed by atoms with Gasteiger partial charge in [-0.15, -0.1) is 11.3 Å². The van der Waals surface area contributed by atoms with Gasteiger partial charge in [0.2, 0.25) is 5.95 Å². The highest BCUT2D eigenvalue weighted by Crippen LogP contribution is 2.39. The molecule has 0 atom stereocenters. The summed E-state index contributed by atoms with van der Waals surface area (Å²) in [4.78, 5) is 21.6. The summed E-state index contributed by atoms with van der Waals surface area (Å²) in [5.41, 5.74) is 1.87. The zero-order chi connectivity index (χ0) is 19.7. The lowest BCUT2D eigenvalue weighted by Gasteiger charge is -2.24. The number of fused-ring (bicyclic) bond motifs is 1. The van der Waals surface area contributed by atoms with Gasteiger partial charge in [0, 0.05) is 17.3 Å². The molecule has 7 heteroatoms. The minimum Gasteiger partial charge on any atom is -0.481 e. The summed E-state index contributed by atoms with van der Waals surface area (Å²) in [7, 11) is 0. The molecule has 1 fully saturated rings. The molecule has 1 aliphatic carbocycles. The van der Waals surface area contributed by atoms with E-state index in [-0.39, 0.29) is 11.8 Å². The number of hydrogen-bond acceptors (Lipinski definition) is 5. The number of carboxylic acids is 1. The van der Waals surface area contributed by atoms with Crippen molar-refractivity contribution in [3.63, 3.8) is 0 Å². The van der Waals surface area contributed by atoms with Crippen molar-refractivity contribution in [1.29, 1.82) is 0 Å². The molecule has 2 aromatic heterocycles. The predicted octanol–water partition coefficient (Wildman–Crippen LogP) is 5.11. The van der Waals surface area contributed by atoms with Crippen molar-refractivity contribution in [2.75, 3.05) is 5.32 Å². The van der Waals surface area contributed by atoms with Crippen LogP contribution in [0.25, 0.3) is 10.2 Å². The molecule has 3 aromatic rings. The van der Waals surface area contributed by atoms with Crippen LogP contribution in [-0.4, -0.2) is 21.0 Å². The summed E-state index contributed by atoms with van der Waals surface area (Å²) >= 11 is 1.46. The molecule has 1 aromatic carbocycles. The van der Waals surface area contributed by atoms with Crippen molar-refractivity contribution in [3.05, 3.63) is 52.5 Å². The van der Waals surface area contributed by atoms with Gasteiger partial charge in [0.15, 0.2) is 0 Å². The van der Waals surface area contributed by atoms with E-state index in [4.69, 9.17) is 5.11 Å². The fraction of sp³-hybridized carbons (Fsp3) is 0.381. The fourth-order valence-corrected chi connectivity index (χ4v) is 4.86. The van der Waals surface area contributed by atoms with Crippen molar-refractivity contribution in [2.24, 2.45) is 5.92 Å². The molecule has 0 amide bonds. The van der Waals surface area contributed by atoms with Crippen molar-refractivity contribution < 1.29 is 14.3 Å². The molecular formula is C21H22FN3O2S. The van der Waals surface area contributed by atoms with Crippen LogP contribution in [-0.2, 0) is 11.3 Å². The van der Waals surface area contributed by atoms with Gasteiger partial charge in [-0.1, -0.05) is 30.3 Å². The smallest absolute Gasteiger partial charge is 0.306 e. The van der Waals surface area contributed by atoms with Gasteiger partial charge in [-0.3, -0.25) is 4.79 Å². The van der Waals surface area contributed by atoms with E-state index in [0.29, 0.717) is 48.3 Å². The number of nitrogens with one attached hydrogen (secondary N) is 1. The van der Waals surface area contributed by atoms with E-state index in [2.05, 4.69) is 15.3 Å². The quantitative estimate of drug-likeness (QED) is 0.583. The standard InChI is InChI=1S/C21H22FN3O2S/c1-12-17(23-11-13-5-3-2-4-6-13)16-18(22)24-19(25-20(16)28-12)14-7-9-15(10-8-14)21(26)27/h2-6,14-15,23H,7-11H2,1H3,(H,26,27). The number of carboxylic acid groups (broad SMARTS) is 1. The average Bonchev–Trinajstić information content (AvgIpc) is 3.02. The number of aliphatic carboxylic acids is 1. The number of halogens is 1. The van der Waals surface area contributed by atoms with Crippen LogP contribution in [0.2, 0.25) is 0 Å². The molecule has 28 heavy (non-hydrogen) atoms. The van der Waals surface area contributed by atoms with Gasteiger partial charge in [-0.2, -0.15) is 4.39 Å². The molecular weight excluding hydrogens is 377 g/mol. The number of nitrogens with zero attached hydrogens (tertiary/aromatic N) is 2. The lowest BCUT2D eigenvalue weighted by atomic mass is 9.81. The maximum Gasteiger partial charge on any atom is 0.306 e. The van der Waals surface area contributed by atoms with Crippen LogP contribution in [0.5, 0.6) is 0 Å². The van der Waals surface area contributed by atoms with E-state index in [9.17, 15) is 9.18 Å². The van der Waals surface area contributed by atoms with Gasteiger partial charge < -0.3 is 10.4 Å². The minimum absolute atomic E-state index is 0.0256. The lowest BCUT2D eigenvalue weighted by Crippen LogP contribution is -2.21. The Bertz CT molecular complexity index is 998. The third-order valence-electron chi connectivity index (χ3n) is 5.45. The third kappa shape index (κ3) is 3.71. The first-order chi connectivity index (χ1) is 13.5. The Morgan fingerprint density at radius 3 is 2.61 bits per heavy atom. The zero-order valence-electron chi connectivity index (χ0n) is 15.6. The molecule has 1 aliphatic rings. The molecule has 0 aliphatic heterocycles. The van der Waals surface area contributed by atoms with Crippen LogP contribution in [0.15, 0.2) is 30.3 Å². The lowest BCUT2D eigenvalue weighted by molar-refractivity contribution is -0.142. The fourth-order valence-electron chi connectivity index (χ4n) is 3.87. The van der Waals surface area contributed by atoms with Crippen molar-refractivity contribution >= 4 is 33.2 Å². The Morgan fingerprint density at radius 2 is 1.93 bits per heavy atom. The van der Waals surface area contributed by atoms with E-state index in [1.54, 1.807) is 0 Å². The second-order valence-electron chi connectivity index (χ2n) is 7.31. The number of rotatable bonds is 5. The predicted molar refractivity (Wildman–Crippen MR) is 108 cm³/mol. The third-order valence-corrected chi connectivity index (χ3v) is 6.45. The number of thiophene rings is 1. The van der Waals surface area contributed by atoms with Gasteiger partial charge >= 0.3 is 5.97 Å². The number of aromatic nitrogens is 2. The van der Waals surface area contributed by atoms with Crippen molar-refractivity contribution in [3.8, 4) is 0 Å². The van der Waals surface area contributed by atoms with E-state index in [1.165, 1.54) is 11.3 Å². The molecule has 4 rings (SSSR count). The zero-order valence-corrected chi connectivity index (χ0v) is 16.4. The van der Waals surface area contributed by atoms with Crippen LogP contribution in [0.4, 0.5) is 10.1 Å². The number of carbonyl (C=O) groups is 1. The summed E-state index contributed by atoms with van der Waals surface area (Å²) in [6, 6.07) is 9.97. The second-order valence-corrected chi connectivity index (χ2v) is 8.52. The summed E-state index contributed by atoms with van der Waals surface area (Å²) in [5, 5.41) is 12.9. The molecule has 0 bridgehead atoms. The highest BCUT2D eigenvalue weighted by atomic mass is 32.1. The van der Waals surface area contributed by atoms with Crippen LogP contribution in [0.3, 0.4) is 0 Å². The first-order valence-corrected chi connectivity index (χ1v) is 10.3. The molecule has 0 spiro atoms. The summed E-state index contributed by atoms with van der Waals surface area (Å²) < 4.78 is 14.9. The Hall–Kier alpha value is -2.54. The maximum absolute atomic E-state index is 14.9. The largest absolute Gasteiger partial charge is 0.481 e. The monoisotopic (exact) mass is 399 g/mol. The van der Waals surface area contributed by atoms with Crippen molar-refractivity contribution in [1.82, 2.24) is 9.97 Å². The summed E-state index contributed by atoms with van der Waals surface area (Å²) in [6.07, 6.45) is 2.56. The molecule has 2 N–H and O–H groups in total. The molecule has 5 nitrogen and oxygen atoms in total. The Kier molecular flexibility index (Phi) is 5.26. The van der Waals surface area contributed by atoms with Crippen LogP contribution in [0.1, 0.15) is 47.9 Å². The molecule has 1 saturated carbocycles.